The van der Waals surface area contributed by atoms with E-state index in [9.17, 15) is 4.79 Å². The van der Waals surface area contributed by atoms with Gasteiger partial charge < -0.3 is 12.9 Å². The van der Waals surface area contributed by atoms with Crippen molar-refractivity contribution in [1.82, 2.24) is 0 Å². The van der Waals surface area contributed by atoms with Crippen LogP contribution in [0.15, 0.2) is 0 Å². The number of carbonyl (C=O) groups is 1. The predicted octanol–water partition coefficient (Wildman–Crippen LogP) is 1.04. The second kappa shape index (κ2) is 7.50. The molecule has 0 radical (unpaired) electrons. The number of hydrogen-bond donors (Lipinski definition) is 1. The summed E-state index contributed by atoms with van der Waals surface area (Å²) in [5.74, 6) is -0.317. The maximum Gasteiger partial charge on any atom is 0.318 e. The van der Waals surface area contributed by atoms with Crippen LogP contribution < -0.4 is 0 Å². The van der Waals surface area contributed by atoms with E-state index in [0.717, 1.165) is 0 Å². The van der Waals surface area contributed by atoms with Gasteiger partial charge >= 0.3 is 5.97 Å². The Bertz CT molecular complexity index is 119. The molecule has 0 bridgehead atoms. The molecule has 0 aliphatic rings. The third-order valence-corrected chi connectivity index (χ3v) is 2.09. The average molecular weight is 386 g/mol. The smallest absolute Gasteiger partial charge is 0.318 e. The largest absolute Gasteiger partial charge is 0.394 e. The molecule has 6 heteroatoms. The molecule has 0 aromatic rings. The van der Waals surface area contributed by atoms with Gasteiger partial charge in [0.05, 0.1) is 19.6 Å². The summed E-state index contributed by atoms with van der Waals surface area (Å²) in [6.45, 7) is 0.223. The fraction of sp³-hybridized carbons (Fsp3) is 0.800. The van der Waals surface area contributed by atoms with E-state index in [0.29, 0.717) is 0 Å². The number of ether oxygens (including phenoxy) is 1. The molecule has 0 fully saturated rings. The third kappa shape index (κ3) is 7.22. The van der Waals surface area contributed by atoms with Crippen molar-refractivity contribution in [1.29, 1.82) is 0 Å². The van der Waals surface area contributed by atoms with E-state index in [4.69, 9.17) is 9.84 Å². The molecule has 0 spiro atoms. The van der Waals surface area contributed by atoms with Gasteiger partial charge in [-0.15, -0.1) is 0 Å². The first kappa shape index (κ1) is 11.8. The molecule has 66 valence electrons. The molecular formula is C5H8I2O4. The maximum atomic E-state index is 10.6. The minimum Gasteiger partial charge on any atom is -0.394 e. The van der Waals surface area contributed by atoms with Gasteiger partial charge in [-0.2, -0.15) is 0 Å². The molecule has 0 aliphatic heterocycles. The van der Waals surface area contributed by atoms with Gasteiger partial charge in [0.25, 0.3) is 0 Å². The lowest BCUT2D eigenvalue weighted by molar-refractivity contribution is -0.132. The van der Waals surface area contributed by atoms with Crippen molar-refractivity contribution in [2.45, 2.75) is 10.5 Å². The zero-order valence-electron chi connectivity index (χ0n) is 5.63. The highest BCUT2D eigenvalue weighted by Crippen LogP contribution is 2.09. The van der Waals surface area contributed by atoms with Crippen molar-refractivity contribution in [3.05, 3.63) is 0 Å². The SMILES string of the molecule is O=C(CC(I)OCCO)OI. The Morgan fingerprint density at radius 1 is 1.64 bits per heavy atom. The van der Waals surface area contributed by atoms with Crippen molar-refractivity contribution in [2.24, 2.45) is 0 Å². The molecular weight excluding hydrogens is 378 g/mol. The number of aliphatic hydroxyl groups is 1. The molecule has 11 heavy (non-hydrogen) atoms. The quantitative estimate of drug-likeness (QED) is 0.567. The number of halogens is 2. The molecule has 0 aromatic carbocycles. The van der Waals surface area contributed by atoms with Crippen molar-refractivity contribution < 1.29 is 17.7 Å². The van der Waals surface area contributed by atoms with Gasteiger partial charge in [0.15, 0.2) is 23.0 Å². The fourth-order valence-electron chi connectivity index (χ4n) is 0.402. The summed E-state index contributed by atoms with van der Waals surface area (Å²) in [4.78, 5) is 10.6. The Balaban J connectivity index is 3.35. The van der Waals surface area contributed by atoms with Crippen LogP contribution in [0.3, 0.4) is 0 Å². The molecule has 0 saturated carbocycles. The Hall–Kier alpha value is 0.850. The fourth-order valence-corrected chi connectivity index (χ4v) is 1.20. The van der Waals surface area contributed by atoms with Gasteiger partial charge in [0, 0.05) is 0 Å². The van der Waals surface area contributed by atoms with Gasteiger partial charge in [-0.1, -0.05) is 22.6 Å². The monoisotopic (exact) mass is 386 g/mol. The first-order valence-corrected chi connectivity index (χ1v) is 5.01. The van der Waals surface area contributed by atoms with Crippen LogP contribution in [0.5, 0.6) is 0 Å². The molecule has 0 rings (SSSR count). The number of carbonyl (C=O) groups excluding carboxylic acids is 1. The molecule has 0 heterocycles. The van der Waals surface area contributed by atoms with Crippen LogP contribution in [0.2, 0.25) is 0 Å². The Kier molecular flexibility index (Phi) is 8.08. The summed E-state index contributed by atoms with van der Waals surface area (Å²) in [5, 5.41) is 8.36. The van der Waals surface area contributed by atoms with Crippen LogP contribution in [-0.2, 0) is 12.6 Å². The Morgan fingerprint density at radius 2 is 2.27 bits per heavy atom. The highest BCUT2D eigenvalue weighted by atomic mass is 127. The van der Waals surface area contributed by atoms with Gasteiger partial charge in [-0.3, -0.25) is 4.79 Å². The van der Waals surface area contributed by atoms with Gasteiger partial charge in [-0.25, -0.2) is 0 Å². The first-order chi connectivity index (χ1) is 5.20. The number of rotatable bonds is 5. The number of aliphatic hydroxyl groups excluding tert-OH is 1. The van der Waals surface area contributed by atoms with E-state index < -0.39 is 0 Å². The lowest BCUT2D eigenvalue weighted by atomic mass is 10.5. The zero-order chi connectivity index (χ0) is 8.69. The van der Waals surface area contributed by atoms with Crippen molar-refractivity contribution in [3.8, 4) is 0 Å². The summed E-state index contributed by atoms with van der Waals surface area (Å²) in [5.41, 5.74) is 0. The first-order valence-electron chi connectivity index (χ1n) is 2.88. The zero-order valence-corrected chi connectivity index (χ0v) is 9.94. The topological polar surface area (TPSA) is 55.8 Å². The van der Waals surface area contributed by atoms with Crippen LogP contribution >= 0.6 is 45.6 Å². The average Bonchev–Trinajstić information content (AvgIpc) is 2.00. The van der Waals surface area contributed by atoms with E-state index in [1.54, 1.807) is 0 Å². The second-order valence-electron chi connectivity index (χ2n) is 1.66. The molecule has 0 aromatic heterocycles. The van der Waals surface area contributed by atoms with E-state index in [2.05, 4.69) is 3.07 Å². The second-order valence-corrected chi connectivity index (χ2v) is 3.49. The predicted molar refractivity (Wildman–Crippen MR) is 55.6 cm³/mol. The molecule has 0 amide bonds. The van der Waals surface area contributed by atoms with E-state index in [1.807, 2.05) is 22.6 Å². The lowest BCUT2D eigenvalue weighted by Crippen LogP contribution is -2.13. The van der Waals surface area contributed by atoms with E-state index in [1.165, 1.54) is 23.0 Å². The summed E-state index contributed by atoms with van der Waals surface area (Å²) in [6.07, 6.45) is 0.212. The molecule has 0 aliphatic carbocycles. The number of alkyl halides is 1. The summed E-state index contributed by atoms with van der Waals surface area (Å²) >= 11 is 3.49. The van der Waals surface area contributed by atoms with Crippen LogP contribution in [0.4, 0.5) is 0 Å². The lowest BCUT2D eigenvalue weighted by Gasteiger charge is -2.07. The Morgan fingerprint density at radius 3 is 2.73 bits per heavy atom. The van der Waals surface area contributed by atoms with Crippen molar-refractivity contribution >= 4 is 51.6 Å². The Labute approximate surface area is 92.5 Å². The van der Waals surface area contributed by atoms with Gasteiger partial charge in [0.2, 0.25) is 0 Å². The summed E-state index contributed by atoms with van der Waals surface area (Å²) in [7, 11) is 0. The normalized spacial score (nSPS) is 12.6. The van der Waals surface area contributed by atoms with Gasteiger partial charge in [-0.05, 0) is 0 Å². The van der Waals surface area contributed by atoms with Crippen LogP contribution in [0.25, 0.3) is 0 Å². The molecule has 0 saturated heterocycles. The molecule has 4 nitrogen and oxygen atoms in total. The summed E-state index contributed by atoms with van der Waals surface area (Å²) < 4.78 is 9.16. The van der Waals surface area contributed by atoms with Crippen molar-refractivity contribution in [3.63, 3.8) is 0 Å². The van der Waals surface area contributed by atoms with Gasteiger partial charge in [0.1, 0.15) is 4.11 Å². The molecule has 1 N–H and O–H groups in total. The van der Waals surface area contributed by atoms with E-state index in [-0.39, 0.29) is 29.7 Å². The highest BCUT2D eigenvalue weighted by molar-refractivity contribution is 14.1. The minimum atomic E-state index is -0.317. The van der Waals surface area contributed by atoms with E-state index >= 15 is 0 Å². The summed E-state index contributed by atoms with van der Waals surface area (Å²) in [6, 6.07) is 0. The molecule has 1 atom stereocenters. The standard InChI is InChI=1S/C5H8I2O4/c6-4(10-2-1-8)3-5(9)11-7/h4,8H,1-3H2. The van der Waals surface area contributed by atoms with Crippen molar-refractivity contribution in [2.75, 3.05) is 13.2 Å². The third-order valence-electron chi connectivity index (χ3n) is 0.803. The van der Waals surface area contributed by atoms with Crippen LogP contribution in [0.1, 0.15) is 6.42 Å². The number of hydrogen-bond acceptors (Lipinski definition) is 4. The maximum absolute atomic E-state index is 10.6. The minimum absolute atomic E-state index is 0.0290. The highest BCUT2D eigenvalue weighted by Gasteiger charge is 2.10. The molecule has 1 unspecified atom stereocenters. The van der Waals surface area contributed by atoms with Crippen LogP contribution in [0, 0.1) is 0 Å². The van der Waals surface area contributed by atoms with Crippen LogP contribution in [-0.4, -0.2) is 28.4 Å².